The monoisotopic (exact) mass is 220 g/mol. The normalized spacial score (nSPS) is 10.3. The molecule has 5 nitrogen and oxygen atoms in total. The zero-order chi connectivity index (χ0) is 12.0. The van der Waals surface area contributed by atoms with Gasteiger partial charge in [0.25, 0.3) is 0 Å². The molecule has 0 spiro atoms. The smallest absolute Gasteiger partial charge is 0.328 e. The number of amides is 1. The largest absolute Gasteiger partial charge is 0.478 e. The minimum atomic E-state index is -1.04. The van der Waals surface area contributed by atoms with Gasteiger partial charge in [-0.2, -0.15) is 0 Å². The molecular formula is C11H12N2O3. The molecule has 0 bridgehead atoms. The first-order chi connectivity index (χ1) is 7.61. The van der Waals surface area contributed by atoms with Gasteiger partial charge >= 0.3 is 5.97 Å². The van der Waals surface area contributed by atoms with Gasteiger partial charge in [0.15, 0.2) is 0 Å². The number of hydrogen-bond donors (Lipinski definition) is 2. The Labute approximate surface area is 92.8 Å². The van der Waals surface area contributed by atoms with Crippen LogP contribution in [0.25, 0.3) is 6.08 Å². The van der Waals surface area contributed by atoms with E-state index in [2.05, 4.69) is 10.3 Å². The van der Waals surface area contributed by atoms with Crippen molar-refractivity contribution in [3.8, 4) is 0 Å². The maximum Gasteiger partial charge on any atom is 0.328 e. The molecule has 0 unspecified atom stereocenters. The van der Waals surface area contributed by atoms with Crippen molar-refractivity contribution in [3.63, 3.8) is 0 Å². The molecular weight excluding hydrogens is 208 g/mol. The molecule has 0 saturated carbocycles. The lowest BCUT2D eigenvalue weighted by atomic mass is 10.3. The Morgan fingerprint density at radius 2 is 2.25 bits per heavy atom. The molecule has 16 heavy (non-hydrogen) atoms. The van der Waals surface area contributed by atoms with Crippen LogP contribution in [0.2, 0.25) is 0 Å². The Balaban J connectivity index is 2.78. The van der Waals surface area contributed by atoms with Crippen LogP contribution in [-0.4, -0.2) is 22.0 Å². The molecule has 0 aliphatic carbocycles. The number of carbonyl (C=O) groups is 2. The summed E-state index contributed by atoms with van der Waals surface area (Å²) in [5.41, 5.74) is 0.483. The number of aliphatic carboxylic acids is 1. The van der Waals surface area contributed by atoms with Crippen LogP contribution in [0.15, 0.2) is 24.3 Å². The van der Waals surface area contributed by atoms with Crippen molar-refractivity contribution >= 4 is 23.8 Å². The predicted octanol–water partition coefficient (Wildman–Crippen LogP) is 1.53. The standard InChI is InChI=1S/C11H12N2O3/c1-2-10(14)13-9-5-3-4-8(12-9)6-7-11(15)16/h3-7H,2H2,1H3,(H,15,16)(H,12,13,14)/b7-6+. The Bertz CT molecular complexity index is 427. The van der Waals surface area contributed by atoms with Crippen molar-refractivity contribution in [1.82, 2.24) is 4.98 Å². The molecule has 84 valence electrons. The topological polar surface area (TPSA) is 79.3 Å². The van der Waals surface area contributed by atoms with Crippen molar-refractivity contribution in [3.05, 3.63) is 30.0 Å². The molecule has 0 radical (unpaired) electrons. The number of hydrogen-bond acceptors (Lipinski definition) is 3. The summed E-state index contributed by atoms with van der Waals surface area (Å²) >= 11 is 0. The number of carbonyl (C=O) groups excluding carboxylic acids is 1. The summed E-state index contributed by atoms with van der Waals surface area (Å²) in [7, 11) is 0. The summed E-state index contributed by atoms with van der Waals surface area (Å²) in [6, 6.07) is 4.99. The van der Waals surface area contributed by atoms with Crippen molar-refractivity contribution < 1.29 is 14.7 Å². The molecule has 0 fully saturated rings. The molecule has 2 N–H and O–H groups in total. The van der Waals surface area contributed by atoms with Crippen molar-refractivity contribution in [2.75, 3.05) is 5.32 Å². The average molecular weight is 220 g/mol. The highest BCUT2D eigenvalue weighted by atomic mass is 16.4. The Kier molecular flexibility index (Phi) is 4.20. The number of aromatic nitrogens is 1. The van der Waals surface area contributed by atoms with Gasteiger partial charge in [-0.25, -0.2) is 9.78 Å². The van der Waals surface area contributed by atoms with E-state index in [-0.39, 0.29) is 5.91 Å². The first kappa shape index (κ1) is 11.9. The van der Waals surface area contributed by atoms with E-state index in [1.54, 1.807) is 25.1 Å². The van der Waals surface area contributed by atoms with Gasteiger partial charge in [-0.3, -0.25) is 4.79 Å². The van der Waals surface area contributed by atoms with Gasteiger partial charge in [0.2, 0.25) is 5.91 Å². The van der Waals surface area contributed by atoms with E-state index in [0.717, 1.165) is 6.08 Å². The second kappa shape index (κ2) is 5.65. The molecule has 1 aromatic heterocycles. The molecule has 5 heteroatoms. The number of carboxylic acid groups (broad SMARTS) is 1. The van der Waals surface area contributed by atoms with Crippen LogP contribution in [0.5, 0.6) is 0 Å². The fraction of sp³-hybridized carbons (Fsp3) is 0.182. The summed E-state index contributed by atoms with van der Waals surface area (Å²) in [5, 5.41) is 11.0. The highest BCUT2D eigenvalue weighted by Gasteiger charge is 2.00. The predicted molar refractivity (Wildman–Crippen MR) is 59.8 cm³/mol. The maximum absolute atomic E-state index is 11.1. The summed E-state index contributed by atoms with van der Waals surface area (Å²) in [6.07, 6.45) is 2.73. The van der Waals surface area contributed by atoms with E-state index >= 15 is 0 Å². The van der Waals surface area contributed by atoms with E-state index < -0.39 is 5.97 Å². The Morgan fingerprint density at radius 3 is 2.88 bits per heavy atom. The second-order valence-corrected chi connectivity index (χ2v) is 3.02. The highest BCUT2D eigenvalue weighted by Crippen LogP contribution is 2.06. The van der Waals surface area contributed by atoms with Gasteiger partial charge in [-0.1, -0.05) is 13.0 Å². The SMILES string of the molecule is CCC(=O)Nc1cccc(/C=C/C(=O)O)n1. The number of carboxylic acids is 1. The number of anilines is 1. The lowest BCUT2D eigenvalue weighted by Gasteiger charge is -2.02. The molecule has 0 aromatic carbocycles. The lowest BCUT2D eigenvalue weighted by molar-refractivity contribution is -0.131. The van der Waals surface area contributed by atoms with Crippen molar-refractivity contribution in [2.45, 2.75) is 13.3 Å². The molecule has 1 amide bonds. The van der Waals surface area contributed by atoms with Gasteiger partial charge in [0.05, 0.1) is 5.69 Å². The van der Waals surface area contributed by atoms with Crippen molar-refractivity contribution in [1.29, 1.82) is 0 Å². The van der Waals surface area contributed by atoms with E-state index in [9.17, 15) is 9.59 Å². The third kappa shape index (κ3) is 3.91. The second-order valence-electron chi connectivity index (χ2n) is 3.02. The third-order valence-corrected chi connectivity index (χ3v) is 1.76. The van der Waals surface area contributed by atoms with Gasteiger partial charge in [-0.15, -0.1) is 0 Å². The average Bonchev–Trinajstić information content (AvgIpc) is 2.26. The van der Waals surface area contributed by atoms with Crippen LogP contribution in [0.4, 0.5) is 5.82 Å². The number of nitrogens with zero attached hydrogens (tertiary/aromatic N) is 1. The first-order valence-corrected chi connectivity index (χ1v) is 4.79. The first-order valence-electron chi connectivity index (χ1n) is 4.79. The quantitative estimate of drug-likeness (QED) is 0.754. The molecule has 0 aliphatic rings. The van der Waals surface area contributed by atoms with Crippen molar-refractivity contribution in [2.24, 2.45) is 0 Å². The summed E-state index contributed by atoms with van der Waals surface area (Å²) in [6.45, 7) is 1.74. The number of nitrogens with one attached hydrogen (secondary N) is 1. The minimum absolute atomic E-state index is 0.133. The van der Waals surface area contributed by atoms with Gasteiger partial charge in [0.1, 0.15) is 5.82 Å². The summed E-state index contributed by atoms with van der Waals surface area (Å²) in [5.74, 6) is -0.754. The molecule has 1 rings (SSSR count). The van der Waals surface area contributed by atoms with Crippen LogP contribution in [-0.2, 0) is 9.59 Å². The van der Waals surface area contributed by atoms with E-state index in [4.69, 9.17) is 5.11 Å². The minimum Gasteiger partial charge on any atom is -0.478 e. The van der Waals surface area contributed by atoms with Gasteiger partial charge in [-0.05, 0) is 18.2 Å². The zero-order valence-corrected chi connectivity index (χ0v) is 8.80. The number of pyridine rings is 1. The number of rotatable bonds is 4. The molecule has 1 aromatic rings. The lowest BCUT2D eigenvalue weighted by Crippen LogP contribution is -2.10. The summed E-state index contributed by atoms with van der Waals surface area (Å²) < 4.78 is 0. The highest BCUT2D eigenvalue weighted by molar-refractivity contribution is 5.89. The Hall–Kier alpha value is -2.17. The summed E-state index contributed by atoms with van der Waals surface area (Å²) in [4.78, 5) is 25.4. The molecule has 0 atom stereocenters. The Morgan fingerprint density at radius 1 is 1.50 bits per heavy atom. The van der Waals surface area contributed by atoms with E-state index in [0.29, 0.717) is 17.9 Å². The fourth-order valence-corrected chi connectivity index (χ4v) is 1.00. The zero-order valence-electron chi connectivity index (χ0n) is 8.80. The van der Waals surface area contributed by atoms with Crippen LogP contribution >= 0.6 is 0 Å². The van der Waals surface area contributed by atoms with E-state index in [1.165, 1.54) is 6.08 Å². The molecule has 0 saturated heterocycles. The van der Waals surface area contributed by atoms with Gasteiger partial charge < -0.3 is 10.4 Å². The maximum atomic E-state index is 11.1. The van der Waals surface area contributed by atoms with Crippen LogP contribution in [0.1, 0.15) is 19.0 Å². The van der Waals surface area contributed by atoms with Crippen LogP contribution in [0.3, 0.4) is 0 Å². The third-order valence-electron chi connectivity index (χ3n) is 1.76. The molecule has 0 aliphatic heterocycles. The fourth-order valence-electron chi connectivity index (χ4n) is 1.00. The molecule has 1 heterocycles. The van der Waals surface area contributed by atoms with Gasteiger partial charge in [0, 0.05) is 12.5 Å². The van der Waals surface area contributed by atoms with Crippen LogP contribution < -0.4 is 5.32 Å². The van der Waals surface area contributed by atoms with Crippen LogP contribution in [0, 0.1) is 0 Å². The van der Waals surface area contributed by atoms with E-state index in [1.807, 2.05) is 0 Å².